The molecule has 0 radical (unpaired) electrons. The van der Waals surface area contributed by atoms with Crippen LogP contribution in [-0.4, -0.2) is 53.8 Å². The molecule has 2 atom stereocenters. The van der Waals surface area contributed by atoms with E-state index in [9.17, 15) is 14.4 Å². The number of benzene rings is 2. The zero-order valence-corrected chi connectivity index (χ0v) is 20.2. The topological polar surface area (TPSA) is 79.0 Å². The van der Waals surface area contributed by atoms with Gasteiger partial charge in [-0.05, 0) is 53.6 Å². The number of hydrogen-bond donors (Lipinski definition) is 1. The second-order valence-electron chi connectivity index (χ2n) is 10.8. The molecular weight excluding hydrogens is 430 g/mol. The predicted octanol–water partition coefficient (Wildman–Crippen LogP) is 3.58. The van der Waals surface area contributed by atoms with Gasteiger partial charge in [-0.2, -0.15) is 0 Å². The minimum Gasteiger partial charge on any atom is -0.497 e. The highest BCUT2D eigenvalue weighted by atomic mass is 16.5. The van der Waals surface area contributed by atoms with Crippen LogP contribution in [0.2, 0.25) is 0 Å². The smallest absolute Gasteiger partial charge is 0.255 e. The summed E-state index contributed by atoms with van der Waals surface area (Å²) in [5, 5.41) is 2.99. The molecule has 178 valence electrons. The third-order valence-corrected chi connectivity index (χ3v) is 7.32. The van der Waals surface area contributed by atoms with Gasteiger partial charge in [0.25, 0.3) is 5.91 Å². The second-order valence-corrected chi connectivity index (χ2v) is 10.8. The van der Waals surface area contributed by atoms with E-state index in [0.29, 0.717) is 43.8 Å². The highest BCUT2D eigenvalue weighted by Crippen LogP contribution is 2.44. The van der Waals surface area contributed by atoms with Crippen molar-refractivity contribution in [2.75, 3.05) is 25.5 Å². The van der Waals surface area contributed by atoms with Gasteiger partial charge in [0.05, 0.1) is 12.5 Å². The molecule has 3 heterocycles. The molecule has 1 N–H and O–H groups in total. The number of fused-ring (bicyclic) bond motifs is 3. The highest BCUT2D eigenvalue weighted by molar-refractivity contribution is 6.07. The van der Waals surface area contributed by atoms with E-state index in [1.54, 1.807) is 29.0 Å². The summed E-state index contributed by atoms with van der Waals surface area (Å²) in [7, 11) is 1.60. The third kappa shape index (κ3) is 3.54. The number of para-hydroxylation sites is 1. The van der Waals surface area contributed by atoms with Crippen LogP contribution in [0.4, 0.5) is 5.69 Å². The summed E-state index contributed by atoms with van der Waals surface area (Å²) in [6.07, 6.45) is 1.12. The molecule has 2 aromatic rings. The quantitative estimate of drug-likeness (QED) is 0.755. The largest absolute Gasteiger partial charge is 0.497 e. The molecule has 3 amide bonds. The summed E-state index contributed by atoms with van der Waals surface area (Å²) in [4.78, 5) is 43.8. The Balaban J connectivity index is 1.43. The number of methoxy groups -OCH3 is 1. The van der Waals surface area contributed by atoms with Gasteiger partial charge in [0.2, 0.25) is 11.8 Å². The fraction of sp³-hybridized carbons (Fsp3) is 0.444. The van der Waals surface area contributed by atoms with E-state index < -0.39 is 11.5 Å². The molecule has 1 spiro atoms. The van der Waals surface area contributed by atoms with Crippen LogP contribution in [-0.2, 0) is 21.5 Å². The minimum absolute atomic E-state index is 0.0480. The number of nitrogens with one attached hydrogen (secondary N) is 1. The normalized spacial score (nSPS) is 22.1. The molecule has 5 rings (SSSR count). The number of rotatable bonds is 4. The van der Waals surface area contributed by atoms with Crippen LogP contribution >= 0.6 is 0 Å². The first-order valence-corrected chi connectivity index (χ1v) is 11.8. The van der Waals surface area contributed by atoms with Crippen LogP contribution in [0.25, 0.3) is 0 Å². The molecule has 0 aromatic heterocycles. The standard InChI is InChI=1S/C27H31N3O4/c1-26(2,3)14-22(30-15-17-13-18(34-4)9-10-19(17)23(30)31)24(32)29-12-11-27(16-29)20-7-5-6-8-21(20)28-25(27)33/h5-10,13,22H,11-12,14-16H2,1-4H3,(H,28,33)/t22-,27-/m0/s1. The third-order valence-electron chi connectivity index (χ3n) is 7.32. The zero-order chi connectivity index (χ0) is 24.3. The molecule has 0 bridgehead atoms. The number of anilines is 1. The molecule has 7 nitrogen and oxygen atoms in total. The van der Waals surface area contributed by atoms with Gasteiger partial charge >= 0.3 is 0 Å². The van der Waals surface area contributed by atoms with Crippen molar-refractivity contribution in [1.82, 2.24) is 9.80 Å². The average molecular weight is 462 g/mol. The predicted molar refractivity (Wildman–Crippen MR) is 129 cm³/mol. The van der Waals surface area contributed by atoms with Crippen molar-refractivity contribution >= 4 is 23.4 Å². The summed E-state index contributed by atoms with van der Waals surface area (Å²) in [6.45, 7) is 7.44. The van der Waals surface area contributed by atoms with Crippen molar-refractivity contribution < 1.29 is 19.1 Å². The molecule has 7 heteroatoms. The lowest BCUT2D eigenvalue weighted by Gasteiger charge is -2.35. The summed E-state index contributed by atoms with van der Waals surface area (Å²) in [5.41, 5.74) is 2.39. The van der Waals surface area contributed by atoms with Crippen molar-refractivity contribution in [3.05, 3.63) is 59.2 Å². The first-order valence-electron chi connectivity index (χ1n) is 11.8. The average Bonchev–Trinajstić information content (AvgIpc) is 3.47. The van der Waals surface area contributed by atoms with Gasteiger partial charge in [0.1, 0.15) is 11.8 Å². The van der Waals surface area contributed by atoms with Gasteiger partial charge in [0.15, 0.2) is 0 Å². The van der Waals surface area contributed by atoms with Crippen LogP contribution < -0.4 is 10.1 Å². The Labute approximate surface area is 200 Å². The van der Waals surface area contributed by atoms with Gasteiger partial charge in [-0.1, -0.05) is 39.0 Å². The van der Waals surface area contributed by atoms with E-state index in [4.69, 9.17) is 4.74 Å². The zero-order valence-electron chi connectivity index (χ0n) is 20.2. The first kappa shape index (κ1) is 22.4. The molecule has 0 aliphatic carbocycles. The number of carbonyl (C=O) groups is 3. The number of amides is 3. The lowest BCUT2D eigenvalue weighted by molar-refractivity contribution is -0.136. The summed E-state index contributed by atoms with van der Waals surface area (Å²) in [5.74, 6) is 0.433. The van der Waals surface area contributed by atoms with Gasteiger partial charge in [0, 0.05) is 30.9 Å². The Kier molecular flexibility index (Phi) is 5.19. The number of hydrogen-bond acceptors (Lipinski definition) is 4. The molecule has 3 aliphatic rings. The maximum absolute atomic E-state index is 14.0. The molecule has 0 saturated carbocycles. The monoisotopic (exact) mass is 461 g/mol. The summed E-state index contributed by atoms with van der Waals surface area (Å²) in [6, 6.07) is 12.5. The lowest BCUT2D eigenvalue weighted by atomic mass is 9.81. The number of carbonyl (C=O) groups excluding carboxylic acids is 3. The minimum atomic E-state index is -0.718. The van der Waals surface area contributed by atoms with Crippen molar-refractivity contribution in [2.24, 2.45) is 5.41 Å². The van der Waals surface area contributed by atoms with Gasteiger partial charge in [-0.3, -0.25) is 14.4 Å². The van der Waals surface area contributed by atoms with E-state index in [1.807, 2.05) is 30.3 Å². The molecule has 2 aromatic carbocycles. The van der Waals surface area contributed by atoms with Crippen LogP contribution in [0.15, 0.2) is 42.5 Å². The fourth-order valence-corrected chi connectivity index (χ4v) is 5.60. The fourth-order valence-electron chi connectivity index (χ4n) is 5.60. The Morgan fingerprint density at radius 2 is 1.94 bits per heavy atom. The lowest BCUT2D eigenvalue weighted by Crippen LogP contribution is -2.50. The first-order chi connectivity index (χ1) is 16.1. The van der Waals surface area contributed by atoms with E-state index in [-0.39, 0.29) is 23.1 Å². The maximum atomic E-state index is 14.0. The van der Waals surface area contributed by atoms with Gasteiger partial charge in [-0.25, -0.2) is 0 Å². The summed E-state index contributed by atoms with van der Waals surface area (Å²) >= 11 is 0. The van der Waals surface area contributed by atoms with E-state index in [2.05, 4.69) is 26.1 Å². The number of ether oxygens (including phenoxy) is 1. The molecule has 3 aliphatic heterocycles. The molecule has 1 saturated heterocycles. The Morgan fingerprint density at radius 3 is 2.68 bits per heavy atom. The number of likely N-dealkylation sites (tertiary alicyclic amines) is 1. The Morgan fingerprint density at radius 1 is 1.18 bits per heavy atom. The van der Waals surface area contributed by atoms with Crippen LogP contribution in [0.5, 0.6) is 5.75 Å². The van der Waals surface area contributed by atoms with E-state index in [0.717, 1.165) is 16.8 Å². The molecule has 1 fully saturated rings. The second kappa shape index (κ2) is 7.86. The molecule has 0 unspecified atom stereocenters. The van der Waals surface area contributed by atoms with Crippen LogP contribution in [0, 0.1) is 5.41 Å². The van der Waals surface area contributed by atoms with Gasteiger partial charge < -0.3 is 19.9 Å². The van der Waals surface area contributed by atoms with E-state index >= 15 is 0 Å². The van der Waals surface area contributed by atoms with Crippen molar-refractivity contribution in [1.29, 1.82) is 0 Å². The Bertz CT molecular complexity index is 1180. The highest BCUT2D eigenvalue weighted by Gasteiger charge is 2.53. The van der Waals surface area contributed by atoms with Crippen LogP contribution in [0.3, 0.4) is 0 Å². The van der Waals surface area contributed by atoms with Crippen molar-refractivity contribution in [2.45, 2.75) is 51.6 Å². The molecule has 34 heavy (non-hydrogen) atoms. The van der Waals surface area contributed by atoms with E-state index in [1.165, 1.54) is 0 Å². The van der Waals surface area contributed by atoms with Crippen molar-refractivity contribution in [3.8, 4) is 5.75 Å². The SMILES string of the molecule is COc1ccc2c(c1)CN([C@@H](CC(C)(C)C)C(=O)N1CC[C@@]3(C1)C(=O)Nc1ccccc13)C2=O. The Hall–Kier alpha value is -3.35. The molecular formula is C27H31N3O4. The maximum Gasteiger partial charge on any atom is 0.255 e. The van der Waals surface area contributed by atoms with Crippen molar-refractivity contribution in [3.63, 3.8) is 0 Å². The summed E-state index contributed by atoms with van der Waals surface area (Å²) < 4.78 is 5.33. The van der Waals surface area contributed by atoms with Gasteiger partial charge in [-0.15, -0.1) is 0 Å². The van der Waals surface area contributed by atoms with Crippen LogP contribution in [0.1, 0.15) is 55.1 Å². The number of nitrogens with zero attached hydrogens (tertiary/aromatic N) is 2.